The largest absolute Gasteiger partial charge is 0.495 e. The van der Waals surface area contributed by atoms with Gasteiger partial charge in [0.25, 0.3) is 0 Å². The highest BCUT2D eigenvalue weighted by Gasteiger charge is 2.76. The molecule has 0 radical (unpaired) electrons. The van der Waals surface area contributed by atoms with Crippen LogP contribution in [0.25, 0.3) is 0 Å². The number of nitrogens with zero attached hydrogens (tertiary/aromatic N) is 2. The quantitative estimate of drug-likeness (QED) is 0.530. The van der Waals surface area contributed by atoms with Crippen molar-refractivity contribution in [3.05, 3.63) is 88.2 Å². The molecule has 1 aromatic heterocycles. The standard InChI is InChI=1S/C27H27BrN2O4/c1-33-21-14-29-15-22-24(21)26(32)25(31)20(16-30-12-5-13-30)23(17-6-3-2-4-7-17)27(26,34-22)18-8-10-19(28)11-9-18/h2-4,6-11,14-15,20,23,25,31-32H,5,12-13,16H2,1H3/t20-,23-,25-,26+,27+/m1/s1. The summed E-state index contributed by atoms with van der Waals surface area (Å²) >= 11 is 3.53. The molecule has 3 aromatic rings. The second-order valence-electron chi connectivity index (χ2n) is 9.48. The molecule has 5 atom stereocenters. The Morgan fingerprint density at radius 3 is 2.50 bits per heavy atom. The van der Waals surface area contributed by atoms with E-state index >= 15 is 0 Å². The van der Waals surface area contributed by atoms with Gasteiger partial charge in [-0.05, 0) is 42.8 Å². The molecule has 2 fully saturated rings. The Morgan fingerprint density at radius 2 is 1.85 bits per heavy atom. The van der Waals surface area contributed by atoms with Crippen molar-refractivity contribution >= 4 is 15.9 Å². The van der Waals surface area contributed by atoms with E-state index in [2.05, 4.69) is 37.9 Å². The molecule has 1 saturated carbocycles. The van der Waals surface area contributed by atoms with E-state index in [1.165, 1.54) is 0 Å². The zero-order chi connectivity index (χ0) is 23.5. The van der Waals surface area contributed by atoms with Gasteiger partial charge in [0.2, 0.25) is 0 Å². The number of rotatable bonds is 5. The van der Waals surface area contributed by atoms with Gasteiger partial charge in [0.05, 0.1) is 31.2 Å². The summed E-state index contributed by atoms with van der Waals surface area (Å²) in [5, 5.41) is 24.8. The molecule has 2 N–H and O–H groups in total. The van der Waals surface area contributed by atoms with Gasteiger partial charge in [-0.25, -0.2) is 0 Å². The third kappa shape index (κ3) is 2.87. The zero-order valence-electron chi connectivity index (χ0n) is 18.9. The third-order valence-corrected chi connectivity index (χ3v) is 8.39. The van der Waals surface area contributed by atoms with Crippen LogP contribution in [0.1, 0.15) is 29.0 Å². The number of pyridine rings is 1. The van der Waals surface area contributed by atoms with Gasteiger partial charge in [-0.15, -0.1) is 0 Å². The van der Waals surface area contributed by atoms with Crippen molar-refractivity contribution in [3.63, 3.8) is 0 Å². The lowest BCUT2D eigenvalue weighted by Gasteiger charge is -2.41. The van der Waals surface area contributed by atoms with Crippen LogP contribution in [-0.2, 0) is 11.2 Å². The molecule has 6 nitrogen and oxygen atoms in total. The fourth-order valence-electron chi connectivity index (χ4n) is 6.30. The summed E-state index contributed by atoms with van der Waals surface area (Å²) in [6.45, 7) is 2.67. The summed E-state index contributed by atoms with van der Waals surface area (Å²) in [5.74, 6) is 0.275. The van der Waals surface area contributed by atoms with E-state index in [-0.39, 0.29) is 11.8 Å². The minimum Gasteiger partial charge on any atom is -0.495 e. The first-order chi connectivity index (χ1) is 16.5. The van der Waals surface area contributed by atoms with Gasteiger partial charge in [0.1, 0.15) is 11.5 Å². The van der Waals surface area contributed by atoms with Crippen LogP contribution in [0.4, 0.5) is 0 Å². The molecule has 1 aliphatic carbocycles. The fraction of sp³-hybridized carbons (Fsp3) is 0.370. The number of benzene rings is 2. The van der Waals surface area contributed by atoms with Crippen LogP contribution in [0.2, 0.25) is 0 Å². The van der Waals surface area contributed by atoms with Gasteiger partial charge < -0.3 is 24.6 Å². The lowest BCUT2D eigenvalue weighted by molar-refractivity contribution is -0.152. The van der Waals surface area contributed by atoms with E-state index in [0.717, 1.165) is 35.1 Å². The summed E-state index contributed by atoms with van der Waals surface area (Å²) in [7, 11) is 1.55. The number of hydrogen-bond acceptors (Lipinski definition) is 6. The maximum absolute atomic E-state index is 12.7. The van der Waals surface area contributed by atoms with Crippen LogP contribution in [0.3, 0.4) is 0 Å². The highest BCUT2D eigenvalue weighted by Crippen LogP contribution is 2.69. The topological polar surface area (TPSA) is 75.0 Å². The van der Waals surface area contributed by atoms with E-state index in [1.54, 1.807) is 19.5 Å². The van der Waals surface area contributed by atoms with Gasteiger partial charge in [-0.2, -0.15) is 0 Å². The number of hydrogen-bond donors (Lipinski definition) is 2. The minimum atomic E-state index is -1.74. The average Bonchev–Trinajstić information content (AvgIpc) is 3.20. The smallest absolute Gasteiger partial charge is 0.177 e. The highest BCUT2D eigenvalue weighted by molar-refractivity contribution is 9.10. The van der Waals surface area contributed by atoms with E-state index in [9.17, 15) is 10.2 Å². The van der Waals surface area contributed by atoms with Crippen molar-refractivity contribution in [2.45, 2.75) is 29.6 Å². The predicted molar refractivity (Wildman–Crippen MR) is 131 cm³/mol. The Kier molecular flexibility index (Phi) is 5.22. The lowest BCUT2D eigenvalue weighted by Crippen LogP contribution is -2.52. The Balaban J connectivity index is 1.64. The number of aromatic nitrogens is 1. The Hall–Kier alpha value is -2.45. The van der Waals surface area contributed by atoms with Crippen LogP contribution in [0.5, 0.6) is 11.5 Å². The van der Waals surface area contributed by atoms with Gasteiger partial charge >= 0.3 is 0 Å². The molecule has 3 aliphatic rings. The fourth-order valence-corrected chi connectivity index (χ4v) is 6.56. The van der Waals surface area contributed by atoms with Crippen LogP contribution in [-0.4, -0.2) is 52.9 Å². The Labute approximate surface area is 207 Å². The van der Waals surface area contributed by atoms with E-state index in [1.807, 2.05) is 42.5 Å². The second-order valence-corrected chi connectivity index (χ2v) is 10.4. The van der Waals surface area contributed by atoms with Crippen LogP contribution in [0, 0.1) is 5.92 Å². The van der Waals surface area contributed by atoms with Crippen LogP contribution in [0.15, 0.2) is 71.5 Å². The second kappa shape index (κ2) is 8.05. The average molecular weight is 523 g/mol. The van der Waals surface area contributed by atoms with Crippen molar-refractivity contribution in [3.8, 4) is 11.5 Å². The van der Waals surface area contributed by atoms with E-state index < -0.39 is 17.3 Å². The molecular weight excluding hydrogens is 496 g/mol. The number of aliphatic hydroxyl groups excluding tert-OH is 1. The Bertz CT molecular complexity index is 1200. The van der Waals surface area contributed by atoms with Crippen LogP contribution >= 0.6 is 15.9 Å². The molecule has 0 amide bonds. The molecule has 7 heteroatoms. The summed E-state index contributed by atoms with van der Waals surface area (Å²) in [6.07, 6.45) is 3.25. The van der Waals surface area contributed by atoms with E-state index in [0.29, 0.717) is 23.6 Å². The van der Waals surface area contributed by atoms with Crippen LogP contribution < -0.4 is 9.47 Å². The zero-order valence-corrected chi connectivity index (χ0v) is 20.5. The summed E-state index contributed by atoms with van der Waals surface area (Å²) in [6, 6.07) is 17.9. The molecule has 6 rings (SSSR count). The van der Waals surface area contributed by atoms with Crippen molar-refractivity contribution in [2.24, 2.45) is 5.92 Å². The van der Waals surface area contributed by atoms with Crippen molar-refractivity contribution < 1.29 is 19.7 Å². The number of halogens is 1. The first-order valence-electron chi connectivity index (χ1n) is 11.7. The molecule has 1 saturated heterocycles. The molecule has 34 heavy (non-hydrogen) atoms. The monoisotopic (exact) mass is 522 g/mol. The molecule has 0 spiro atoms. The maximum Gasteiger partial charge on any atom is 0.177 e. The van der Waals surface area contributed by atoms with Gasteiger partial charge in [0, 0.05) is 22.9 Å². The number of fused-ring (bicyclic) bond motifs is 3. The summed E-state index contributed by atoms with van der Waals surface area (Å²) in [5.41, 5.74) is -0.711. The number of methoxy groups -OCH3 is 1. The molecule has 2 aliphatic heterocycles. The van der Waals surface area contributed by atoms with Crippen molar-refractivity contribution in [1.29, 1.82) is 0 Å². The summed E-state index contributed by atoms with van der Waals surface area (Å²) < 4.78 is 13.4. The van der Waals surface area contributed by atoms with Crippen molar-refractivity contribution in [1.82, 2.24) is 9.88 Å². The first kappa shape index (κ1) is 22.0. The van der Waals surface area contributed by atoms with Gasteiger partial charge in [-0.3, -0.25) is 4.98 Å². The SMILES string of the molecule is COc1cncc2c1[C@]1(O)[C@H](O)[C@H](CN3CCC3)[C@@H](c3ccccc3)[C@]1(c1ccc(Br)cc1)O2. The van der Waals surface area contributed by atoms with E-state index in [4.69, 9.17) is 9.47 Å². The van der Waals surface area contributed by atoms with Gasteiger partial charge in [-0.1, -0.05) is 58.4 Å². The maximum atomic E-state index is 12.7. The first-order valence-corrected chi connectivity index (χ1v) is 12.4. The van der Waals surface area contributed by atoms with Crippen molar-refractivity contribution in [2.75, 3.05) is 26.7 Å². The molecular formula is C27H27BrN2O4. The number of aliphatic hydroxyl groups is 2. The molecule has 3 heterocycles. The predicted octanol–water partition coefficient (Wildman–Crippen LogP) is 3.81. The Morgan fingerprint density at radius 1 is 1.12 bits per heavy atom. The number of likely N-dealkylation sites (tertiary alicyclic amines) is 1. The summed E-state index contributed by atoms with van der Waals surface area (Å²) in [4.78, 5) is 6.62. The molecule has 176 valence electrons. The molecule has 0 bridgehead atoms. The lowest BCUT2D eigenvalue weighted by atomic mass is 9.70. The highest BCUT2D eigenvalue weighted by atomic mass is 79.9. The minimum absolute atomic E-state index is 0.262. The third-order valence-electron chi connectivity index (χ3n) is 7.86. The number of ether oxygens (including phenoxy) is 2. The van der Waals surface area contributed by atoms with Gasteiger partial charge in [0.15, 0.2) is 11.2 Å². The molecule has 0 unspecified atom stereocenters. The normalized spacial score (nSPS) is 31.9. The molecule has 2 aromatic carbocycles.